The van der Waals surface area contributed by atoms with Crippen LogP contribution in [-0.4, -0.2) is 41.8 Å². The summed E-state index contributed by atoms with van der Waals surface area (Å²) in [6, 6.07) is 19.1. The maximum atomic E-state index is 5.97. The molecule has 0 amide bonds. The number of para-hydroxylation sites is 1. The second-order valence-electron chi connectivity index (χ2n) is 8.13. The molecule has 1 saturated heterocycles. The van der Waals surface area contributed by atoms with E-state index in [1.807, 2.05) is 0 Å². The number of rotatable bonds is 9. The van der Waals surface area contributed by atoms with E-state index in [4.69, 9.17) is 9.47 Å². The van der Waals surface area contributed by atoms with Crippen molar-refractivity contribution in [3.8, 4) is 11.4 Å². The van der Waals surface area contributed by atoms with Crippen molar-refractivity contribution in [1.29, 1.82) is 0 Å². The summed E-state index contributed by atoms with van der Waals surface area (Å²) in [6.07, 6.45) is 3.99. The van der Waals surface area contributed by atoms with Crippen molar-refractivity contribution in [2.45, 2.75) is 45.8 Å². The highest BCUT2D eigenvalue weighted by Crippen LogP contribution is 2.26. The minimum atomic E-state index is 0.206. The van der Waals surface area contributed by atoms with Crippen molar-refractivity contribution >= 4 is 10.9 Å². The third kappa shape index (κ3) is 5.01. The number of hydrogen-bond acceptors (Lipinski definition) is 3. The van der Waals surface area contributed by atoms with Crippen LogP contribution in [0.5, 0.6) is 5.75 Å². The third-order valence-corrected chi connectivity index (χ3v) is 5.53. The lowest BCUT2D eigenvalue weighted by Crippen LogP contribution is -2.21. The molecule has 2 heterocycles. The lowest BCUT2D eigenvalue weighted by atomic mass is 10.2. The van der Waals surface area contributed by atoms with Gasteiger partial charge in [0, 0.05) is 23.3 Å². The van der Waals surface area contributed by atoms with Crippen LogP contribution in [0.25, 0.3) is 16.6 Å². The highest BCUT2D eigenvalue weighted by atomic mass is 16.5. The smallest absolute Gasteiger partial charge is 0.119 e. The molecule has 4 heteroatoms. The van der Waals surface area contributed by atoms with Gasteiger partial charge in [0.1, 0.15) is 5.75 Å². The van der Waals surface area contributed by atoms with Gasteiger partial charge in [0.25, 0.3) is 0 Å². The van der Waals surface area contributed by atoms with Crippen molar-refractivity contribution in [3.63, 3.8) is 0 Å². The molecule has 4 nitrogen and oxygen atoms in total. The zero-order valence-corrected chi connectivity index (χ0v) is 17.6. The Morgan fingerprint density at radius 1 is 0.966 bits per heavy atom. The number of ether oxygens (including phenoxy) is 2. The summed E-state index contributed by atoms with van der Waals surface area (Å²) in [5.74, 6) is 0.937. The standard InChI is InChI=1S/C25H32N2O2/c1-20(2)29-19-23-18-21-8-3-4-9-25(21)27(23)22-10-12-24(13-11-22)28-17-7-16-26-14-5-6-15-26/h3-4,8-13,18,20H,5-7,14-17,19H2,1-2H3. The molecule has 0 bridgehead atoms. The fourth-order valence-corrected chi connectivity index (χ4v) is 4.05. The van der Waals surface area contributed by atoms with Crippen LogP contribution in [0.3, 0.4) is 0 Å². The number of hydrogen-bond donors (Lipinski definition) is 0. The molecule has 0 unspecified atom stereocenters. The molecule has 1 fully saturated rings. The van der Waals surface area contributed by atoms with E-state index in [1.54, 1.807) is 0 Å². The first-order chi connectivity index (χ1) is 14.2. The molecule has 2 aromatic carbocycles. The molecule has 4 rings (SSSR count). The number of aromatic nitrogens is 1. The molecule has 0 radical (unpaired) electrons. The first-order valence-corrected chi connectivity index (χ1v) is 10.9. The van der Waals surface area contributed by atoms with Gasteiger partial charge in [-0.15, -0.1) is 0 Å². The van der Waals surface area contributed by atoms with Gasteiger partial charge in [-0.05, 0) is 82.6 Å². The van der Waals surface area contributed by atoms with E-state index < -0.39 is 0 Å². The van der Waals surface area contributed by atoms with Crippen molar-refractivity contribution in [1.82, 2.24) is 9.47 Å². The minimum Gasteiger partial charge on any atom is -0.494 e. The van der Waals surface area contributed by atoms with E-state index >= 15 is 0 Å². The average molecular weight is 393 g/mol. The van der Waals surface area contributed by atoms with E-state index in [9.17, 15) is 0 Å². The van der Waals surface area contributed by atoms with E-state index in [-0.39, 0.29) is 6.10 Å². The molecule has 0 saturated carbocycles. The van der Waals surface area contributed by atoms with Gasteiger partial charge in [-0.25, -0.2) is 0 Å². The van der Waals surface area contributed by atoms with Gasteiger partial charge < -0.3 is 18.9 Å². The summed E-state index contributed by atoms with van der Waals surface area (Å²) in [6.45, 7) is 9.17. The van der Waals surface area contributed by atoms with Crippen LogP contribution in [0.2, 0.25) is 0 Å². The molecule has 1 aliphatic heterocycles. The highest BCUT2D eigenvalue weighted by Gasteiger charge is 2.12. The number of likely N-dealkylation sites (tertiary alicyclic amines) is 1. The van der Waals surface area contributed by atoms with Crippen LogP contribution in [0, 0.1) is 0 Å². The Balaban J connectivity index is 1.45. The zero-order chi connectivity index (χ0) is 20.1. The van der Waals surface area contributed by atoms with Crippen LogP contribution < -0.4 is 4.74 Å². The van der Waals surface area contributed by atoms with Crippen molar-refractivity contribution in [2.24, 2.45) is 0 Å². The molecule has 0 atom stereocenters. The van der Waals surface area contributed by atoms with Gasteiger partial charge >= 0.3 is 0 Å². The quantitative estimate of drug-likeness (QED) is 0.455. The normalized spacial score (nSPS) is 14.9. The zero-order valence-electron chi connectivity index (χ0n) is 17.6. The highest BCUT2D eigenvalue weighted by molar-refractivity contribution is 5.83. The fourth-order valence-electron chi connectivity index (χ4n) is 4.05. The van der Waals surface area contributed by atoms with Crippen LogP contribution in [-0.2, 0) is 11.3 Å². The monoisotopic (exact) mass is 392 g/mol. The summed E-state index contributed by atoms with van der Waals surface area (Å²) in [4.78, 5) is 2.53. The van der Waals surface area contributed by atoms with Crippen LogP contribution >= 0.6 is 0 Å². The van der Waals surface area contributed by atoms with Crippen molar-refractivity contribution < 1.29 is 9.47 Å². The molecule has 154 valence electrons. The van der Waals surface area contributed by atoms with Crippen LogP contribution in [0.15, 0.2) is 54.6 Å². The van der Waals surface area contributed by atoms with Gasteiger partial charge in [-0.2, -0.15) is 0 Å². The maximum Gasteiger partial charge on any atom is 0.119 e. The Morgan fingerprint density at radius 3 is 2.48 bits per heavy atom. The van der Waals surface area contributed by atoms with E-state index in [2.05, 4.69) is 77.9 Å². The summed E-state index contributed by atoms with van der Waals surface area (Å²) < 4.78 is 14.2. The molecular formula is C25H32N2O2. The molecular weight excluding hydrogens is 360 g/mol. The molecule has 0 aliphatic carbocycles. The Hall–Kier alpha value is -2.30. The second-order valence-corrected chi connectivity index (χ2v) is 8.13. The van der Waals surface area contributed by atoms with Crippen LogP contribution in [0.1, 0.15) is 38.8 Å². The average Bonchev–Trinajstić information content (AvgIpc) is 3.37. The van der Waals surface area contributed by atoms with Crippen molar-refractivity contribution in [2.75, 3.05) is 26.2 Å². The lowest BCUT2D eigenvalue weighted by Gasteiger charge is -2.15. The first kappa shape index (κ1) is 20.0. The second kappa shape index (κ2) is 9.47. The summed E-state index contributed by atoms with van der Waals surface area (Å²) in [7, 11) is 0. The lowest BCUT2D eigenvalue weighted by molar-refractivity contribution is 0.0630. The Bertz CT molecular complexity index is 908. The summed E-state index contributed by atoms with van der Waals surface area (Å²) >= 11 is 0. The fraction of sp³-hybridized carbons (Fsp3) is 0.440. The molecule has 0 spiro atoms. The predicted molar refractivity (Wildman–Crippen MR) is 119 cm³/mol. The number of nitrogens with zero attached hydrogens (tertiary/aromatic N) is 2. The topological polar surface area (TPSA) is 26.6 Å². The summed E-state index contributed by atoms with van der Waals surface area (Å²) in [5, 5.41) is 1.23. The first-order valence-electron chi connectivity index (χ1n) is 10.9. The van der Waals surface area contributed by atoms with E-state index in [0.29, 0.717) is 6.61 Å². The molecule has 29 heavy (non-hydrogen) atoms. The predicted octanol–water partition coefficient (Wildman–Crippen LogP) is 5.42. The van der Waals surface area contributed by atoms with Gasteiger partial charge in [0.2, 0.25) is 0 Å². The van der Waals surface area contributed by atoms with Crippen molar-refractivity contribution in [3.05, 3.63) is 60.3 Å². The maximum absolute atomic E-state index is 5.97. The Morgan fingerprint density at radius 2 is 1.72 bits per heavy atom. The SMILES string of the molecule is CC(C)OCc1cc2ccccc2n1-c1ccc(OCCCN2CCCC2)cc1. The Kier molecular flexibility index (Phi) is 6.53. The van der Waals surface area contributed by atoms with Gasteiger partial charge in [-0.1, -0.05) is 18.2 Å². The number of fused-ring (bicyclic) bond motifs is 1. The molecule has 0 N–H and O–H groups in total. The van der Waals surface area contributed by atoms with Gasteiger partial charge in [-0.3, -0.25) is 0 Å². The van der Waals surface area contributed by atoms with E-state index in [1.165, 1.54) is 42.5 Å². The third-order valence-electron chi connectivity index (χ3n) is 5.53. The van der Waals surface area contributed by atoms with Gasteiger partial charge in [0.05, 0.1) is 24.8 Å². The molecule has 3 aromatic rings. The Labute approximate surface area is 174 Å². The summed E-state index contributed by atoms with van der Waals surface area (Å²) in [5.41, 5.74) is 3.51. The molecule has 1 aliphatic rings. The van der Waals surface area contributed by atoms with E-state index in [0.717, 1.165) is 31.0 Å². The van der Waals surface area contributed by atoms with Crippen LogP contribution in [0.4, 0.5) is 0 Å². The molecule has 1 aromatic heterocycles. The number of benzene rings is 2. The van der Waals surface area contributed by atoms with Gasteiger partial charge in [0.15, 0.2) is 0 Å². The minimum absolute atomic E-state index is 0.206. The largest absolute Gasteiger partial charge is 0.494 e.